The summed E-state index contributed by atoms with van der Waals surface area (Å²) >= 11 is 0. The minimum atomic E-state index is -1.05. The molecule has 0 bridgehead atoms. The molecule has 34 heavy (non-hydrogen) atoms. The molecule has 1 atom stereocenters. The summed E-state index contributed by atoms with van der Waals surface area (Å²) in [5, 5.41) is 11.8. The molecule has 0 saturated carbocycles. The number of rotatable bonds is 4. The summed E-state index contributed by atoms with van der Waals surface area (Å²) in [5.41, 5.74) is 2.64. The van der Waals surface area contributed by atoms with Gasteiger partial charge in [0, 0.05) is 32.7 Å². The molecule has 1 N–H and O–H groups in total. The maximum atomic E-state index is 13.4. The van der Waals surface area contributed by atoms with Crippen LogP contribution in [0.15, 0.2) is 48.5 Å². The molecule has 5 rings (SSSR count). The molecule has 2 fully saturated rings. The average molecular weight is 458 g/mol. The SMILES string of the molecule is N#Cc1ccc(CN2CCN(C(=O)CN3C(=O)N[C@]4(CCCc5ccccc54)C3=O)CC2)cc1. The van der Waals surface area contributed by atoms with Crippen molar-refractivity contribution >= 4 is 17.8 Å². The first kappa shape index (κ1) is 22.1. The zero-order chi connectivity index (χ0) is 23.7. The van der Waals surface area contributed by atoms with Gasteiger partial charge >= 0.3 is 6.03 Å². The van der Waals surface area contributed by atoms with Crippen LogP contribution in [0.5, 0.6) is 0 Å². The van der Waals surface area contributed by atoms with Crippen LogP contribution in [0.25, 0.3) is 0 Å². The van der Waals surface area contributed by atoms with Gasteiger partial charge in [0.25, 0.3) is 5.91 Å². The Hall–Kier alpha value is -3.70. The quantitative estimate of drug-likeness (QED) is 0.709. The molecule has 2 aromatic carbocycles. The van der Waals surface area contributed by atoms with E-state index >= 15 is 0 Å². The van der Waals surface area contributed by atoms with Crippen LogP contribution in [0, 0.1) is 11.3 Å². The van der Waals surface area contributed by atoms with Gasteiger partial charge in [-0.2, -0.15) is 5.26 Å². The fraction of sp³-hybridized carbons (Fsp3) is 0.385. The van der Waals surface area contributed by atoms with Crippen molar-refractivity contribution in [3.63, 3.8) is 0 Å². The Morgan fingerprint density at radius 3 is 2.50 bits per heavy atom. The van der Waals surface area contributed by atoms with Gasteiger partial charge < -0.3 is 10.2 Å². The number of hydrogen-bond donors (Lipinski definition) is 1. The third-order valence-electron chi connectivity index (χ3n) is 7.16. The lowest BCUT2D eigenvalue weighted by atomic mass is 9.76. The third-order valence-corrected chi connectivity index (χ3v) is 7.16. The Morgan fingerprint density at radius 2 is 1.76 bits per heavy atom. The largest absolute Gasteiger partial charge is 0.339 e. The Balaban J connectivity index is 1.20. The van der Waals surface area contributed by atoms with Crippen molar-refractivity contribution in [3.8, 4) is 6.07 Å². The van der Waals surface area contributed by atoms with E-state index in [1.165, 1.54) is 0 Å². The average Bonchev–Trinajstić information content (AvgIpc) is 3.10. The van der Waals surface area contributed by atoms with Gasteiger partial charge in [-0.3, -0.25) is 19.4 Å². The number of nitriles is 1. The van der Waals surface area contributed by atoms with Crippen molar-refractivity contribution in [1.29, 1.82) is 5.26 Å². The number of nitrogens with one attached hydrogen (secondary N) is 1. The summed E-state index contributed by atoms with van der Waals surface area (Å²) in [4.78, 5) is 44.3. The molecule has 2 heterocycles. The van der Waals surface area contributed by atoms with E-state index in [0.29, 0.717) is 38.2 Å². The van der Waals surface area contributed by atoms with E-state index in [-0.39, 0.29) is 18.4 Å². The molecule has 4 amide bonds. The van der Waals surface area contributed by atoms with Crippen LogP contribution >= 0.6 is 0 Å². The number of hydrogen-bond acceptors (Lipinski definition) is 5. The number of carbonyl (C=O) groups is 3. The Labute approximate surface area is 198 Å². The lowest BCUT2D eigenvalue weighted by Crippen LogP contribution is -2.52. The van der Waals surface area contributed by atoms with Crippen LogP contribution in [0.1, 0.15) is 35.1 Å². The summed E-state index contributed by atoms with van der Waals surface area (Å²) in [7, 11) is 0. The zero-order valence-corrected chi connectivity index (χ0v) is 19.0. The van der Waals surface area contributed by atoms with Crippen molar-refractivity contribution in [2.24, 2.45) is 0 Å². The number of urea groups is 1. The molecular formula is C26H27N5O3. The number of aryl methyl sites for hydroxylation is 1. The highest BCUT2D eigenvalue weighted by molar-refractivity contribution is 6.09. The lowest BCUT2D eigenvalue weighted by molar-refractivity contribution is -0.140. The molecule has 0 unspecified atom stereocenters. The van der Waals surface area contributed by atoms with Crippen molar-refractivity contribution in [2.75, 3.05) is 32.7 Å². The standard InChI is InChI=1S/C26H27N5O3/c27-16-19-7-9-20(10-8-19)17-29-12-14-30(15-13-29)23(32)18-31-24(33)26(28-25(31)34)11-3-5-21-4-1-2-6-22(21)26/h1-2,4,6-10H,3,5,11-15,17-18H2,(H,28,34)/t26-/m0/s1. The second-order valence-corrected chi connectivity index (χ2v) is 9.20. The van der Waals surface area contributed by atoms with E-state index in [1.807, 2.05) is 48.5 Å². The van der Waals surface area contributed by atoms with Crippen LogP contribution < -0.4 is 5.32 Å². The number of carbonyl (C=O) groups excluding carboxylic acids is 3. The minimum Gasteiger partial charge on any atom is -0.339 e. The predicted molar refractivity (Wildman–Crippen MR) is 124 cm³/mol. The number of piperazine rings is 1. The van der Waals surface area contributed by atoms with Gasteiger partial charge in [0.1, 0.15) is 12.1 Å². The molecule has 8 nitrogen and oxygen atoms in total. The first-order valence-electron chi connectivity index (χ1n) is 11.7. The molecule has 3 aliphatic rings. The number of imide groups is 1. The second-order valence-electron chi connectivity index (χ2n) is 9.20. The molecule has 2 aromatic rings. The maximum Gasteiger partial charge on any atom is 0.325 e. The van der Waals surface area contributed by atoms with Crippen LogP contribution in [-0.4, -0.2) is 65.3 Å². The van der Waals surface area contributed by atoms with Gasteiger partial charge in [-0.05, 0) is 48.1 Å². The zero-order valence-electron chi connectivity index (χ0n) is 19.0. The number of nitrogens with zero attached hydrogens (tertiary/aromatic N) is 4. The fourth-order valence-electron chi connectivity index (χ4n) is 5.29. The van der Waals surface area contributed by atoms with E-state index in [2.05, 4.69) is 16.3 Å². The minimum absolute atomic E-state index is 0.206. The van der Waals surface area contributed by atoms with E-state index in [0.717, 1.165) is 41.0 Å². The topological polar surface area (TPSA) is 96.8 Å². The van der Waals surface area contributed by atoms with E-state index in [9.17, 15) is 14.4 Å². The number of fused-ring (bicyclic) bond motifs is 2. The predicted octanol–water partition coefficient (Wildman–Crippen LogP) is 1.99. The Bertz CT molecular complexity index is 1160. The van der Waals surface area contributed by atoms with E-state index in [4.69, 9.17) is 5.26 Å². The molecule has 2 saturated heterocycles. The molecule has 1 spiro atoms. The molecule has 2 aliphatic heterocycles. The van der Waals surface area contributed by atoms with Crippen molar-refractivity contribution in [3.05, 3.63) is 70.8 Å². The maximum absolute atomic E-state index is 13.4. The van der Waals surface area contributed by atoms with Crippen LogP contribution in [0.4, 0.5) is 4.79 Å². The van der Waals surface area contributed by atoms with Crippen LogP contribution in [0.2, 0.25) is 0 Å². The van der Waals surface area contributed by atoms with E-state index < -0.39 is 11.6 Å². The molecule has 174 valence electrons. The Kier molecular flexibility index (Phi) is 5.80. The summed E-state index contributed by atoms with van der Waals surface area (Å²) < 4.78 is 0. The van der Waals surface area contributed by atoms with Gasteiger partial charge in [-0.1, -0.05) is 36.4 Å². The highest BCUT2D eigenvalue weighted by Gasteiger charge is 2.54. The van der Waals surface area contributed by atoms with Gasteiger partial charge in [-0.25, -0.2) is 4.79 Å². The highest BCUT2D eigenvalue weighted by atomic mass is 16.2. The summed E-state index contributed by atoms with van der Waals surface area (Å²) in [5.74, 6) is -0.528. The summed E-state index contributed by atoms with van der Waals surface area (Å²) in [6.45, 7) is 3.04. The molecule has 1 aliphatic carbocycles. The normalized spacial score (nSPS) is 22.4. The third kappa shape index (κ3) is 3.93. The van der Waals surface area contributed by atoms with Crippen LogP contribution in [0.3, 0.4) is 0 Å². The first-order valence-corrected chi connectivity index (χ1v) is 11.7. The lowest BCUT2D eigenvalue weighted by Gasteiger charge is -2.35. The molecule has 0 radical (unpaired) electrons. The van der Waals surface area contributed by atoms with Gasteiger partial charge in [0.15, 0.2) is 0 Å². The summed E-state index contributed by atoms with van der Waals surface area (Å²) in [6, 6.07) is 16.9. The Morgan fingerprint density at radius 1 is 1.03 bits per heavy atom. The van der Waals surface area contributed by atoms with E-state index in [1.54, 1.807) is 4.90 Å². The molecule has 8 heteroatoms. The van der Waals surface area contributed by atoms with Crippen LogP contribution in [-0.2, 0) is 28.1 Å². The monoisotopic (exact) mass is 457 g/mol. The second kappa shape index (κ2) is 8.92. The highest BCUT2D eigenvalue weighted by Crippen LogP contribution is 2.39. The molecular weight excluding hydrogens is 430 g/mol. The fourth-order valence-corrected chi connectivity index (χ4v) is 5.29. The smallest absolute Gasteiger partial charge is 0.325 e. The van der Waals surface area contributed by atoms with Gasteiger partial charge in [0.05, 0.1) is 11.6 Å². The van der Waals surface area contributed by atoms with Crippen molar-refractivity contribution < 1.29 is 14.4 Å². The number of amides is 4. The summed E-state index contributed by atoms with van der Waals surface area (Å²) in [6.07, 6.45) is 2.24. The van der Waals surface area contributed by atoms with Crippen molar-refractivity contribution in [1.82, 2.24) is 20.0 Å². The van der Waals surface area contributed by atoms with Crippen molar-refractivity contribution in [2.45, 2.75) is 31.3 Å². The first-order chi connectivity index (χ1) is 16.5. The molecule has 0 aromatic heterocycles. The van der Waals surface area contributed by atoms with Gasteiger partial charge in [-0.15, -0.1) is 0 Å². The number of benzene rings is 2. The van der Waals surface area contributed by atoms with Gasteiger partial charge in [0.2, 0.25) is 5.91 Å².